The highest BCUT2D eigenvalue weighted by Crippen LogP contribution is 2.09. The van der Waals surface area contributed by atoms with Crippen molar-refractivity contribution in [3.8, 4) is 0 Å². The van der Waals surface area contributed by atoms with Crippen LogP contribution >= 0.6 is 0 Å². The molecule has 1 amide bonds. The van der Waals surface area contributed by atoms with Crippen molar-refractivity contribution in [2.45, 2.75) is 0 Å². The molecule has 14 heavy (non-hydrogen) atoms. The van der Waals surface area contributed by atoms with E-state index in [4.69, 9.17) is 4.42 Å². The van der Waals surface area contributed by atoms with E-state index in [1.807, 2.05) is 18.2 Å². The minimum Gasteiger partial charge on any atom is -0.470 e. The Bertz CT molecular complexity index is 406. The summed E-state index contributed by atoms with van der Waals surface area (Å²) >= 11 is 0. The summed E-state index contributed by atoms with van der Waals surface area (Å²) in [5.41, 5.74) is 1.30. The van der Waals surface area contributed by atoms with Crippen molar-refractivity contribution in [3.63, 3.8) is 0 Å². The molecule has 0 saturated heterocycles. The van der Waals surface area contributed by atoms with Crippen LogP contribution in [-0.2, 0) is 0 Å². The minimum absolute atomic E-state index is 0.132. The van der Waals surface area contributed by atoms with E-state index in [2.05, 4.69) is 5.32 Å². The third kappa shape index (κ3) is 1.82. The van der Waals surface area contributed by atoms with Crippen LogP contribution < -0.4 is 5.32 Å². The lowest BCUT2D eigenvalue weighted by atomic mass is 10.2. The molecular formula is C11H9NO2. The van der Waals surface area contributed by atoms with Gasteiger partial charge in [0.2, 0.25) is 0 Å². The zero-order chi connectivity index (χ0) is 9.80. The van der Waals surface area contributed by atoms with Crippen LogP contribution in [0.5, 0.6) is 0 Å². The zero-order valence-electron chi connectivity index (χ0n) is 7.44. The molecule has 2 rings (SSSR count). The van der Waals surface area contributed by atoms with Crippen molar-refractivity contribution in [1.82, 2.24) is 0 Å². The lowest BCUT2D eigenvalue weighted by Crippen LogP contribution is -2.10. The number of nitrogens with one attached hydrogen (secondary N) is 1. The van der Waals surface area contributed by atoms with E-state index >= 15 is 0 Å². The first-order valence-corrected chi connectivity index (χ1v) is 4.25. The van der Waals surface area contributed by atoms with Crippen LogP contribution in [0, 0.1) is 0 Å². The van der Waals surface area contributed by atoms with Crippen molar-refractivity contribution < 1.29 is 9.21 Å². The Labute approximate surface area is 81.4 Å². The Morgan fingerprint density at radius 2 is 1.93 bits per heavy atom. The fraction of sp³-hybridized carbons (Fsp3) is 0. The van der Waals surface area contributed by atoms with Gasteiger partial charge in [-0.15, -0.1) is 0 Å². The third-order valence-corrected chi connectivity index (χ3v) is 1.82. The summed E-state index contributed by atoms with van der Waals surface area (Å²) in [6.07, 6.45) is 3.00. The van der Waals surface area contributed by atoms with Gasteiger partial charge in [0.05, 0.1) is 12.0 Å². The van der Waals surface area contributed by atoms with Gasteiger partial charge < -0.3 is 9.73 Å². The van der Waals surface area contributed by atoms with E-state index in [1.165, 1.54) is 12.5 Å². The second kappa shape index (κ2) is 3.79. The van der Waals surface area contributed by atoms with Crippen LogP contribution in [0.1, 0.15) is 10.4 Å². The second-order valence-electron chi connectivity index (χ2n) is 2.83. The number of hydrogen-bond acceptors (Lipinski definition) is 2. The first kappa shape index (κ1) is 8.56. The first-order valence-electron chi connectivity index (χ1n) is 4.25. The number of furan rings is 1. The molecule has 0 aliphatic heterocycles. The minimum atomic E-state index is -0.132. The van der Waals surface area contributed by atoms with Crippen molar-refractivity contribution in [2.75, 3.05) is 5.32 Å². The second-order valence-corrected chi connectivity index (χ2v) is 2.83. The van der Waals surface area contributed by atoms with Gasteiger partial charge in [0.15, 0.2) is 0 Å². The van der Waals surface area contributed by atoms with Crippen LogP contribution in [0.15, 0.2) is 53.3 Å². The first-order chi connectivity index (χ1) is 6.86. The number of hydrogen-bond donors (Lipinski definition) is 1. The topological polar surface area (TPSA) is 42.2 Å². The lowest BCUT2D eigenvalue weighted by molar-refractivity contribution is 0.102. The van der Waals surface area contributed by atoms with E-state index in [0.29, 0.717) is 11.3 Å². The molecule has 1 aromatic carbocycles. The van der Waals surface area contributed by atoms with E-state index < -0.39 is 0 Å². The molecule has 3 nitrogen and oxygen atoms in total. The average molecular weight is 187 g/mol. The van der Waals surface area contributed by atoms with Gasteiger partial charge in [-0.2, -0.15) is 0 Å². The Balaban J connectivity index is 2.11. The monoisotopic (exact) mass is 187 g/mol. The molecule has 1 heterocycles. The molecule has 0 bridgehead atoms. The van der Waals surface area contributed by atoms with E-state index in [1.54, 1.807) is 18.2 Å². The molecule has 70 valence electrons. The molecule has 0 aliphatic carbocycles. The van der Waals surface area contributed by atoms with E-state index in [-0.39, 0.29) is 5.91 Å². The summed E-state index contributed by atoms with van der Waals surface area (Å²) in [4.78, 5) is 11.6. The third-order valence-electron chi connectivity index (χ3n) is 1.82. The Kier molecular flexibility index (Phi) is 2.32. The van der Waals surface area contributed by atoms with Gasteiger partial charge in [0.25, 0.3) is 5.91 Å². The molecule has 0 fully saturated rings. The SMILES string of the molecule is O=C(Nc1ccoc1)c1ccccc1. The molecule has 0 radical (unpaired) electrons. The fourth-order valence-electron chi connectivity index (χ4n) is 1.13. The predicted octanol–water partition coefficient (Wildman–Crippen LogP) is 2.53. The summed E-state index contributed by atoms with van der Waals surface area (Å²) in [5, 5.41) is 2.71. The highest BCUT2D eigenvalue weighted by atomic mass is 16.3. The Hall–Kier alpha value is -2.03. The van der Waals surface area contributed by atoms with E-state index in [0.717, 1.165) is 0 Å². The van der Waals surface area contributed by atoms with Crippen molar-refractivity contribution in [2.24, 2.45) is 0 Å². The van der Waals surface area contributed by atoms with Crippen LogP contribution in [0.3, 0.4) is 0 Å². The number of amides is 1. The smallest absolute Gasteiger partial charge is 0.255 e. The molecular weight excluding hydrogens is 178 g/mol. The molecule has 2 aromatic rings. The van der Waals surface area contributed by atoms with E-state index in [9.17, 15) is 4.79 Å². The van der Waals surface area contributed by atoms with Crippen molar-refractivity contribution in [1.29, 1.82) is 0 Å². The van der Waals surface area contributed by atoms with Crippen LogP contribution in [0.25, 0.3) is 0 Å². The normalized spacial score (nSPS) is 9.71. The summed E-state index contributed by atoms with van der Waals surface area (Å²) in [5.74, 6) is -0.132. The molecule has 0 unspecified atom stereocenters. The van der Waals surface area contributed by atoms with Gasteiger partial charge in [-0.25, -0.2) is 0 Å². The largest absolute Gasteiger partial charge is 0.470 e. The molecule has 1 aromatic heterocycles. The lowest BCUT2D eigenvalue weighted by Gasteiger charge is -2.00. The highest BCUT2D eigenvalue weighted by molar-refractivity contribution is 6.04. The fourth-order valence-corrected chi connectivity index (χ4v) is 1.13. The summed E-state index contributed by atoms with van der Waals surface area (Å²) in [6.45, 7) is 0. The van der Waals surface area contributed by atoms with Gasteiger partial charge in [-0.1, -0.05) is 18.2 Å². The Morgan fingerprint density at radius 1 is 1.14 bits per heavy atom. The Morgan fingerprint density at radius 3 is 2.57 bits per heavy atom. The number of anilines is 1. The molecule has 0 spiro atoms. The molecule has 1 N–H and O–H groups in total. The average Bonchev–Trinajstić information content (AvgIpc) is 2.72. The van der Waals surface area contributed by atoms with Crippen LogP contribution in [0.4, 0.5) is 5.69 Å². The molecule has 3 heteroatoms. The molecule has 0 atom stereocenters. The summed E-state index contributed by atoms with van der Waals surface area (Å²) in [6, 6.07) is 10.7. The van der Waals surface area contributed by atoms with Crippen molar-refractivity contribution in [3.05, 3.63) is 54.5 Å². The van der Waals surface area contributed by atoms with Gasteiger partial charge in [0.1, 0.15) is 6.26 Å². The van der Waals surface area contributed by atoms with Crippen LogP contribution in [0.2, 0.25) is 0 Å². The highest BCUT2D eigenvalue weighted by Gasteiger charge is 2.04. The maximum atomic E-state index is 11.6. The maximum Gasteiger partial charge on any atom is 0.255 e. The summed E-state index contributed by atoms with van der Waals surface area (Å²) < 4.78 is 4.84. The van der Waals surface area contributed by atoms with Gasteiger partial charge in [-0.3, -0.25) is 4.79 Å². The predicted molar refractivity (Wildman–Crippen MR) is 53.1 cm³/mol. The van der Waals surface area contributed by atoms with Crippen molar-refractivity contribution >= 4 is 11.6 Å². The number of rotatable bonds is 2. The summed E-state index contributed by atoms with van der Waals surface area (Å²) in [7, 11) is 0. The standard InChI is InChI=1S/C11H9NO2/c13-11(9-4-2-1-3-5-9)12-10-6-7-14-8-10/h1-8H,(H,12,13). The molecule has 0 aliphatic rings. The van der Waals surface area contributed by atoms with Gasteiger partial charge in [-0.05, 0) is 18.2 Å². The molecule has 0 saturated carbocycles. The van der Waals surface area contributed by atoms with Crippen LogP contribution in [-0.4, -0.2) is 5.91 Å². The number of benzene rings is 1. The maximum absolute atomic E-state index is 11.6. The zero-order valence-corrected chi connectivity index (χ0v) is 7.44. The van der Waals surface area contributed by atoms with Gasteiger partial charge in [0, 0.05) is 5.56 Å². The van der Waals surface area contributed by atoms with Gasteiger partial charge >= 0.3 is 0 Å². The number of carbonyl (C=O) groups excluding carboxylic acids is 1. The number of carbonyl (C=O) groups is 1. The quantitative estimate of drug-likeness (QED) is 0.784.